The minimum atomic E-state index is -1.32. The minimum Gasteiger partial charge on any atom is -0.433 e. The first-order chi connectivity index (χ1) is 12.1. The standard InChI is InChI=1S/C22H36O4/c1-13-11-19-17-6-5-15-12-16(24)7-9-20(15,3)18(17)8-10-21(19,4)22(13,25)26-14(2)23/h13,15-19,24-25H,5-12H2,1-4H3/t13-,15+,16+,17?,18?,19?,20?,21?,22+/m1/s1. The lowest BCUT2D eigenvalue weighted by molar-refractivity contribution is -0.280. The summed E-state index contributed by atoms with van der Waals surface area (Å²) in [5, 5.41) is 21.6. The molecular formula is C22H36O4. The number of fused-ring (bicyclic) bond motifs is 5. The predicted octanol–water partition coefficient (Wildman–Crippen LogP) is 3.89. The molecule has 4 aliphatic carbocycles. The van der Waals surface area contributed by atoms with Crippen LogP contribution in [0.4, 0.5) is 0 Å². The molecule has 0 amide bonds. The first kappa shape index (κ1) is 18.7. The van der Waals surface area contributed by atoms with E-state index in [0.29, 0.717) is 29.1 Å². The molecular weight excluding hydrogens is 328 g/mol. The van der Waals surface area contributed by atoms with Crippen molar-refractivity contribution in [3.8, 4) is 0 Å². The molecule has 4 rings (SSSR count). The quantitative estimate of drug-likeness (QED) is 0.547. The number of aliphatic hydroxyl groups excluding tert-OH is 1. The van der Waals surface area contributed by atoms with Gasteiger partial charge in [0.25, 0.3) is 0 Å². The van der Waals surface area contributed by atoms with Crippen molar-refractivity contribution in [2.75, 3.05) is 0 Å². The number of ether oxygens (including phenoxy) is 1. The third-order valence-electron chi connectivity index (χ3n) is 9.42. The fourth-order valence-electron chi connectivity index (χ4n) is 7.97. The van der Waals surface area contributed by atoms with E-state index >= 15 is 0 Å². The van der Waals surface area contributed by atoms with E-state index in [1.807, 2.05) is 6.92 Å². The molecule has 4 nitrogen and oxygen atoms in total. The van der Waals surface area contributed by atoms with Crippen molar-refractivity contribution in [2.45, 2.75) is 91.0 Å². The van der Waals surface area contributed by atoms with Gasteiger partial charge in [-0.25, -0.2) is 0 Å². The van der Waals surface area contributed by atoms with Crippen LogP contribution in [-0.2, 0) is 9.53 Å². The van der Waals surface area contributed by atoms with Crippen LogP contribution in [0.3, 0.4) is 0 Å². The largest absolute Gasteiger partial charge is 0.433 e. The zero-order chi connectivity index (χ0) is 18.9. The number of carbonyl (C=O) groups is 1. The Labute approximate surface area is 157 Å². The van der Waals surface area contributed by atoms with E-state index in [4.69, 9.17) is 4.74 Å². The second kappa shape index (κ2) is 5.94. The van der Waals surface area contributed by atoms with E-state index in [1.165, 1.54) is 19.8 Å². The fourth-order valence-corrected chi connectivity index (χ4v) is 7.97. The Kier molecular flexibility index (Phi) is 4.28. The highest BCUT2D eigenvalue weighted by Gasteiger charge is 2.68. The molecule has 0 aromatic carbocycles. The van der Waals surface area contributed by atoms with Crippen LogP contribution in [0.15, 0.2) is 0 Å². The topological polar surface area (TPSA) is 66.8 Å². The Balaban J connectivity index is 1.64. The molecule has 0 heterocycles. The van der Waals surface area contributed by atoms with E-state index < -0.39 is 5.79 Å². The van der Waals surface area contributed by atoms with Crippen LogP contribution < -0.4 is 0 Å². The predicted molar refractivity (Wildman–Crippen MR) is 99.0 cm³/mol. The average Bonchev–Trinajstić information content (AvgIpc) is 2.75. The Morgan fingerprint density at radius 3 is 2.46 bits per heavy atom. The Morgan fingerprint density at radius 2 is 1.77 bits per heavy atom. The van der Waals surface area contributed by atoms with Crippen molar-refractivity contribution < 1.29 is 19.7 Å². The first-order valence-electron chi connectivity index (χ1n) is 10.7. The zero-order valence-electron chi connectivity index (χ0n) is 16.8. The van der Waals surface area contributed by atoms with Gasteiger partial charge < -0.3 is 14.9 Å². The molecule has 26 heavy (non-hydrogen) atoms. The molecule has 4 saturated carbocycles. The summed E-state index contributed by atoms with van der Waals surface area (Å²) >= 11 is 0. The summed E-state index contributed by atoms with van der Waals surface area (Å²) in [5.41, 5.74) is -0.00845. The van der Waals surface area contributed by atoms with Crippen LogP contribution in [-0.4, -0.2) is 28.1 Å². The van der Waals surface area contributed by atoms with Gasteiger partial charge >= 0.3 is 5.97 Å². The second-order valence-electron chi connectivity index (χ2n) is 10.5. The fraction of sp³-hybridized carbons (Fsp3) is 0.955. The highest BCUT2D eigenvalue weighted by Crippen LogP contribution is 2.69. The van der Waals surface area contributed by atoms with Gasteiger partial charge in [0, 0.05) is 18.3 Å². The van der Waals surface area contributed by atoms with E-state index in [0.717, 1.165) is 38.5 Å². The number of esters is 1. The maximum absolute atomic E-state index is 11.7. The monoisotopic (exact) mass is 364 g/mol. The van der Waals surface area contributed by atoms with Crippen molar-refractivity contribution >= 4 is 5.97 Å². The van der Waals surface area contributed by atoms with Gasteiger partial charge in [-0.3, -0.25) is 4.79 Å². The SMILES string of the molecule is CC(=O)O[C@@]1(O)[C@H](C)CC2C3CC[C@H]4C[C@@H](O)CCC4(C)C3CCC21C. The smallest absolute Gasteiger partial charge is 0.305 e. The van der Waals surface area contributed by atoms with Crippen LogP contribution >= 0.6 is 0 Å². The number of hydrogen-bond donors (Lipinski definition) is 2. The lowest BCUT2D eigenvalue weighted by Crippen LogP contribution is -2.58. The molecule has 4 heteroatoms. The average molecular weight is 365 g/mol. The van der Waals surface area contributed by atoms with Gasteiger partial charge in [-0.15, -0.1) is 0 Å². The summed E-state index contributed by atoms with van der Waals surface area (Å²) in [6.07, 6.45) is 8.30. The summed E-state index contributed by atoms with van der Waals surface area (Å²) < 4.78 is 5.59. The molecule has 2 N–H and O–H groups in total. The second-order valence-corrected chi connectivity index (χ2v) is 10.5. The molecule has 148 valence electrons. The molecule has 0 radical (unpaired) electrons. The molecule has 0 bridgehead atoms. The lowest BCUT2D eigenvalue weighted by atomic mass is 9.45. The van der Waals surface area contributed by atoms with Gasteiger partial charge in [0.2, 0.25) is 5.79 Å². The van der Waals surface area contributed by atoms with Crippen molar-refractivity contribution in [3.05, 3.63) is 0 Å². The van der Waals surface area contributed by atoms with Crippen molar-refractivity contribution in [2.24, 2.45) is 40.4 Å². The summed E-state index contributed by atoms with van der Waals surface area (Å²) in [4.78, 5) is 11.7. The van der Waals surface area contributed by atoms with Gasteiger partial charge in [0.15, 0.2) is 0 Å². The third kappa shape index (κ3) is 2.37. The maximum atomic E-state index is 11.7. The molecule has 0 aromatic heterocycles. The summed E-state index contributed by atoms with van der Waals surface area (Å²) in [6, 6.07) is 0. The molecule has 0 aliphatic heterocycles. The molecule has 0 aromatic rings. The Bertz CT molecular complexity index is 591. The number of hydrogen-bond acceptors (Lipinski definition) is 4. The number of aliphatic hydroxyl groups is 2. The highest BCUT2D eigenvalue weighted by atomic mass is 16.7. The molecule has 4 fully saturated rings. The zero-order valence-corrected chi connectivity index (χ0v) is 16.8. The van der Waals surface area contributed by atoms with Gasteiger partial charge in [-0.2, -0.15) is 0 Å². The molecule has 0 spiro atoms. The van der Waals surface area contributed by atoms with E-state index in [9.17, 15) is 15.0 Å². The van der Waals surface area contributed by atoms with E-state index in [1.54, 1.807) is 0 Å². The van der Waals surface area contributed by atoms with Gasteiger partial charge in [0.1, 0.15) is 0 Å². The van der Waals surface area contributed by atoms with Crippen LogP contribution in [0.2, 0.25) is 0 Å². The van der Waals surface area contributed by atoms with Crippen molar-refractivity contribution in [3.63, 3.8) is 0 Å². The third-order valence-corrected chi connectivity index (χ3v) is 9.42. The molecule has 4 aliphatic rings. The molecule has 5 unspecified atom stereocenters. The summed E-state index contributed by atoms with van der Waals surface area (Å²) in [6.45, 7) is 8.09. The number of rotatable bonds is 1. The highest BCUT2D eigenvalue weighted by molar-refractivity contribution is 5.66. The van der Waals surface area contributed by atoms with Crippen LogP contribution in [0, 0.1) is 40.4 Å². The minimum absolute atomic E-state index is 0.0149. The lowest BCUT2D eigenvalue weighted by Gasteiger charge is -2.61. The molecule has 0 saturated heterocycles. The van der Waals surface area contributed by atoms with E-state index in [-0.39, 0.29) is 23.4 Å². The van der Waals surface area contributed by atoms with Crippen LogP contribution in [0.1, 0.15) is 79.1 Å². The summed E-state index contributed by atoms with van der Waals surface area (Å²) in [5.74, 6) is 0.637. The van der Waals surface area contributed by atoms with Gasteiger partial charge in [-0.1, -0.05) is 20.8 Å². The van der Waals surface area contributed by atoms with Crippen molar-refractivity contribution in [1.29, 1.82) is 0 Å². The molecule has 9 atom stereocenters. The Hall–Kier alpha value is -0.610. The maximum Gasteiger partial charge on any atom is 0.305 e. The van der Waals surface area contributed by atoms with Gasteiger partial charge in [-0.05, 0) is 80.5 Å². The first-order valence-corrected chi connectivity index (χ1v) is 10.7. The summed E-state index contributed by atoms with van der Waals surface area (Å²) in [7, 11) is 0. The Morgan fingerprint density at radius 1 is 1.04 bits per heavy atom. The van der Waals surface area contributed by atoms with Crippen LogP contribution in [0.25, 0.3) is 0 Å². The van der Waals surface area contributed by atoms with Crippen LogP contribution in [0.5, 0.6) is 0 Å². The normalized spacial score (nSPS) is 56.2. The van der Waals surface area contributed by atoms with Gasteiger partial charge in [0.05, 0.1) is 6.10 Å². The van der Waals surface area contributed by atoms with Crippen molar-refractivity contribution in [1.82, 2.24) is 0 Å². The van der Waals surface area contributed by atoms with E-state index in [2.05, 4.69) is 13.8 Å². The number of carbonyl (C=O) groups excluding carboxylic acids is 1.